The van der Waals surface area contributed by atoms with Crippen molar-refractivity contribution in [3.8, 4) is 0 Å². The molecule has 128 valence electrons. The third-order valence-corrected chi connectivity index (χ3v) is 8.31. The maximum absolute atomic E-state index is 4.81. The van der Waals surface area contributed by atoms with Gasteiger partial charge in [0.1, 0.15) is 0 Å². The molecule has 0 atom stereocenters. The van der Waals surface area contributed by atoms with E-state index in [1.165, 1.54) is 50.3 Å². The second-order valence-corrected chi connectivity index (χ2v) is 11.8. The van der Waals surface area contributed by atoms with Crippen molar-refractivity contribution in [2.24, 2.45) is 0 Å². The Morgan fingerprint density at radius 3 is 1.62 bits per heavy atom. The van der Waals surface area contributed by atoms with E-state index in [1.54, 1.807) is 25.7 Å². The number of rotatable bonds is 4. The maximum atomic E-state index is 4.81. The minimum absolute atomic E-state index is 0.106. The zero-order valence-electron chi connectivity index (χ0n) is 13.5. The Hall–Kier alpha value is 1.41. The van der Waals surface area contributed by atoms with Crippen molar-refractivity contribution >= 4 is 27.0 Å². The van der Waals surface area contributed by atoms with Gasteiger partial charge >= 0.3 is 35.0 Å². The molecule has 0 amide bonds. The number of hydrogen-bond donors (Lipinski definition) is 0. The first-order valence-corrected chi connectivity index (χ1v) is 14.1. The first-order chi connectivity index (χ1) is 10.2. The van der Waals surface area contributed by atoms with E-state index in [0.29, 0.717) is 7.92 Å². The Bertz CT molecular complexity index is 263. The fraction of sp³-hybridized carbons (Fsp3) is 0.882. The molecule has 0 unspecified atom stereocenters. The first-order valence-electron chi connectivity index (χ1n) is 8.40. The summed E-state index contributed by atoms with van der Waals surface area (Å²) in [5.41, 5.74) is 3.77. The molecule has 2 aliphatic carbocycles. The number of hydrogen-bond acceptors (Lipinski definition) is 0. The Morgan fingerprint density at radius 1 is 0.905 bits per heavy atom. The standard InChI is InChI=1S/C17H31P.2ClH.Pd/c1-15(2)13-14-18(16-9-5-3-6-10-16)17-11-7-4-8-12-17;;;/h13,16-17H,3-12,14H2,1-2H3;2*1H;/q;;;+2/p-2. The van der Waals surface area contributed by atoms with E-state index in [1.807, 2.05) is 0 Å². The summed E-state index contributed by atoms with van der Waals surface area (Å²) in [7, 11) is 9.92. The second kappa shape index (κ2) is 12.8. The van der Waals surface area contributed by atoms with Crippen LogP contribution in [0.3, 0.4) is 0 Å². The molecular formula is C17H31Cl2PPd. The summed E-state index contributed by atoms with van der Waals surface area (Å²) >= 11 is -0.106. The molecular weight excluding hydrogens is 412 g/mol. The normalized spacial score (nSPS) is 21.0. The van der Waals surface area contributed by atoms with Crippen molar-refractivity contribution in [2.75, 3.05) is 6.16 Å². The van der Waals surface area contributed by atoms with E-state index < -0.39 is 0 Å². The van der Waals surface area contributed by atoms with Crippen molar-refractivity contribution in [3.05, 3.63) is 11.6 Å². The molecule has 0 aromatic heterocycles. The Kier molecular flexibility index (Phi) is 12.5. The summed E-state index contributed by atoms with van der Waals surface area (Å²) in [5, 5.41) is 0. The summed E-state index contributed by atoms with van der Waals surface area (Å²) in [6.45, 7) is 4.55. The molecule has 0 heterocycles. The second-order valence-electron chi connectivity index (χ2n) is 6.61. The van der Waals surface area contributed by atoms with E-state index in [2.05, 4.69) is 19.9 Å². The molecule has 2 fully saturated rings. The van der Waals surface area contributed by atoms with Crippen LogP contribution in [0.1, 0.15) is 78.1 Å². The molecule has 0 N–H and O–H groups in total. The summed E-state index contributed by atoms with van der Waals surface area (Å²) < 4.78 is 0. The van der Waals surface area contributed by atoms with Crippen molar-refractivity contribution < 1.29 is 15.9 Å². The van der Waals surface area contributed by atoms with Gasteiger partial charge in [-0.1, -0.05) is 58.1 Å². The van der Waals surface area contributed by atoms with Crippen LogP contribution in [0, 0.1) is 0 Å². The fourth-order valence-electron chi connectivity index (χ4n) is 3.71. The van der Waals surface area contributed by atoms with Gasteiger partial charge in [0.25, 0.3) is 0 Å². The average molecular weight is 444 g/mol. The van der Waals surface area contributed by atoms with Gasteiger partial charge in [-0.05, 0) is 57.0 Å². The van der Waals surface area contributed by atoms with Crippen LogP contribution in [-0.2, 0) is 15.9 Å². The van der Waals surface area contributed by atoms with Gasteiger partial charge in [0.15, 0.2) is 0 Å². The molecule has 2 aliphatic rings. The van der Waals surface area contributed by atoms with E-state index >= 15 is 0 Å². The van der Waals surface area contributed by atoms with Crippen LogP contribution >= 0.6 is 27.0 Å². The quantitative estimate of drug-likeness (QED) is 0.240. The SMILES string of the molecule is CC(C)=CCP(C1CCCCC1)C1CCCCC1.[Cl][Pd][Cl]. The van der Waals surface area contributed by atoms with E-state index in [0.717, 1.165) is 11.3 Å². The molecule has 2 saturated carbocycles. The number of allylic oxidation sites excluding steroid dienone is 2. The van der Waals surface area contributed by atoms with Crippen LogP contribution in [0.4, 0.5) is 0 Å². The van der Waals surface area contributed by atoms with Crippen LogP contribution in [-0.4, -0.2) is 17.5 Å². The molecule has 0 aromatic rings. The predicted octanol–water partition coefficient (Wildman–Crippen LogP) is 7.48. The molecule has 0 aromatic carbocycles. The van der Waals surface area contributed by atoms with Gasteiger partial charge in [-0.15, -0.1) is 0 Å². The van der Waals surface area contributed by atoms with Gasteiger partial charge < -0.3 is 0 Å². The third-order valence-electron chi connectivity index (χ3n) is 4.80. The molecule has 0 spiro atoms. The van der Waals surface area contributed by atoms with Gasteiger partial charge in [0, 0.05) is 0 Å². The molecule has 21 heavy (non-hydrogen) atoms. The van der Waals surface area contributed by atoms with Gasteiger partial charge in [-0.2, -0.15) is 0 Å². The monoisotopic (exact) mass is 442 g/mol. The molecule has 0 bridgehead atoms. The Balaban J connectivity index is 0.000000677. The number of halogens is 2. The third kappa shape index (κ3) is 8.72. The van der Waals surface area contributed by atoms with Crippen LogP contribution in [0.15, 0.2) is 11.6 Å². The van der Waals surface area contributed by atoms with Crippen LogP contribution in [0.25, 0.3) is 0 Å². The van der Waals surface area contributed by atoms with Crippen LogP contribution in [0.2, 0.25) is 0 Å². The Morgan fingerprint density at radius 2 is 1.29 bits per heavy atom. The zero-order valence-corrected chi connectivity index (χ0v) is 17.5. The van der Waals surface area contributed by atoms with Crippen molar-refractivity contribution in [2.45, 2.75) is 89.4 Å². The van der Waals surface area contributed by atoms with Gasteiger partial charge in [-0.3, -0.25) is 0 Å². The minimum atomic E-state index is -0.106. The molecule has 0 saturated heterocycles. The van der Waals surface area contributed by atoms with Gasteiger partial charge in [-0.25, -0.2) is 0 Å². The summed E-state index contributed by atoms with van der Waals surface area (Å²) in [4.78, 5) is 0. The topological polar surface area (TPSA) is 0 Å². The first kappa shape index (κ1) is 20.5. The van der Waals surface area contributed by atoms with Gasteiger partial charge in [0.2, 0.25) is 0 Å². The summed E-state index contributed by atoms with van der Waals surface area (Å²) in [5.74, 6) is 0. The van der Waals surface area contributed by atoms with Crippen LogP contribution < -0.4 is 0 Å². The summed E-state index contributed by atoms with van der Waals surface area (Å²) in [6, 6.07) is 0. The Labute approximate surface area is 149 Å². The van der Waals surface area contributed by atoms with E-state index in [-0.39, 0.29) is 15.9 Å². The van der Waals surface area contributed by atoms with E-state index in [9.17, 15) is 0 Å². The van der Waals surface area contributed by atoms with Crippen molar-refractivity contribution in [1.29, 1.82) is 0 Å². The average Bonchev–Trinajstić information content (AvgIpc) is 2.50. The predicted molar refractivity (Wildman–Crippen MR) is 96.7 cm³/mol. The van der Waals surface area contributed by atoms with Crippen molar-refractivity contribution in [3.63, 3.8) is 0 Å². The molecule has 0 radical (unpaired) electrons. The molecule has 2 rings (SSSR count). The van der Waals surface area contributed by atoms with Crippen LogP contribution in [0.5, 0.6) is 0 Å². The summed E-state index contributed by atoms with van der Waals surface area (Å²) in [6.07, 6.45) is 19.3. The van der Waals surface area contributed by atoms with E-state index in [4.69, 9.17) is 19.1 Å². The fourth-order valence-corrected chi connectivity index (χ4v) is 7.54. The van der Waals surface area contributed by atoms with Crippen molar-refractivity contribution in [1.82, 2.24) is 0 Å². The van der Waals surface area contributed by atoms with Gasteiger partial charge in [0.05, 0.1) is 0 Å². The molecule has 4 heteroatoms. The molecule has 0 aliphatic heterocycles. The zero-order chi connectivity index (χ0) is 15.5. The molecule has 0 nitrogen and oxygen atoms in total.